The van der Waals surface area contributed by atoms with Crippen molar-refractivity contribution in [2.24, 2.45) is 0 Å². The van der Waals surface area contributed by atoms with E-state index in [4.69, 9.17) is 22.7 Å². The molecule has 0 aliphatic carbocycles. The second-order valence-electron chi connectivity index (χ2n) is 2.03. The molecule has 0 heterocycles. The topological polar surface area (TPSA) is 49.9 Å². The highest BCUT2D eigenvalue weighted by molar-refractivity contribution is 9.10. The molecule has 3 N–H and O–H groups in total. The summed E-state index contributed by atoms with van der Waals surface area (Å²) < 4.78 is 0.748. The van der Waals surface area contributed by atoms with Gasteiger partial charge in [0.1, 0.15) is 0 Å². The molecule has 2 nitrogen and oxygen atoms in total. The van der Waals surface area contributed by atoms with Gasteiger partial charge in [-0.05, 0) is 28.1 Å². The zero-order valence-corrected chi connectivity index (χ0v) is 7.91. The Morgan fingerprint density at radius 2 is 2.18 bits per heavy atom. The van der Waals surface area contributed by atoms with Crippen LogP contribution >= 0.6 is 27.5 Å². The molecule has 11 heavy (non-hydrogen) atoms. The van der Waals surface area contributed by atoms with Crippen LogP contribution in [0.4, 0.5) is 5.69 Å². The fourth-order valence-electron chi connectivity index (χ4n) is 0.757. The standard InChI is InChI=1S/C7H6BrClN2/c8-6-1-4(9)2-7(11)5(6)3-10/h1-3,10H,11H2. The first-order chi connectivity index (χ1) is 5.15. The molecule has 0 radical (unpaired) electrons. The molecule has 0 bridgehead atoms. The van der Waals surface area contributed by atoms with Gasteiger partial charge in [0.2, 0.25) is 0 Å². The van der Waals surface area contributed by atoms with E-state index >= 15 is 0 Å². The molecule has 1 aromatic carbocycles. The molecular weight excluding hydrogens is 227 g/mol. The van der Waals surface area contributed by atoms with Crippen LogP contribution in [0.5, 0.6) is 0 Å². The summed E-state index contributed by atoms with van der Waals surface area (Å²) in [6, 6.07) is 3.32. The van der Waals surface area contributed by atoms with Crippen LogP contribution in [0.15, 0.2) is 16.6 Å². The van der Waals surface area contributed by atoms with Crippen molar-refractivity contribution in [3.05, 3.63) is 27.2 Å². The molecule has 0 amide bonds. The Balaban J connectivity index is 3.36. The first kappa shape index (κ1) is 8.56. The van der Waals surface area contributed by atoms with E-state index in [0.29, 0.717) is 16.3 Å². The van der Waals surface area contributed by atoms with Gasteiger partial charge in [-0.15, -0.1) is 0 Å². The van der Waals surface area contributed by atoms with Crippen LogP contribution in [0.2, 0.25) is 5.02 Å². The Kier molecular flexibility index (Phi) is 2.52. The van der Waals surface area contributed by atoms with Crippen molar-refractivity contribution in [3.8, 4) is 0 Å². The highest BCUT2D eigenvalue weighted by Gasteiger charge is 2.02. The molecule has 0 unspecified atom stereocenters. The normalized spacial score (nSPS) is 9.64. The molecule has 58 valence electrons. The largest absolute Gasteiger partial charge is 0.398 e. The average molecular weight is 233 g/mol. The quantitative estimate of drug-likeness (QED) is 0.569. The number of rotatable bonds is 1. The van der Waals surface area contributed by atoms with Crippen LogP contribution in [-0.2, 0) is 0 Å². The van der Waals surface area contributed by atoms with E-state index in [1.807, 2.05) is 0 Å². The average Bonchev–Trinajstić information content (AvgIpc) is 1.85. The number of halogens is 2. The Morgan fingerprint density at radius 1 is 1.55 bits per heavy atom. The van der Waals surface area contributed by atoms with E-state index in [1.54, 1.807) is 12.1 Å². The summed E-state index contributed by atoms with van der Waals surface area (Å²) in [6.45, 7) is 0. The first-order valence-electron chi connectivity index (χ1n) is 2.90. The molecule has 0 saturated carbocycles. The number of hydrogen-bond acceptors (Lipinski definition) is 2. The first-order valence-corrected chi connectivity index (χ1v) is 4.07. The predicted molar refractivity (Wildman–Crippen MR) is 51.5 cm³/mol. The lowest BCUT2D eigenvalue weighted by atomic mass is 10.2. The lowest BCUT2D eigenvalue weighted by molar-refractivity contribution is 1.52. The lowest BCUT2D eigenvalue weighted by Crippen LogP contribution is -1.93. The van der Waals surface area contributed by atoms with Crippen molar-refractivity contribution in [2.75, 3.05) is 5.73 Å². The third-order valence-electron chi connectivity index (χ3n) is 1.27. The van der Waals surface area contributed by atoms with Gasteiger partial charge in [-0.1, -0.05) is 11.6 Å². The van der Waals surface area contributed by atoms with Gasteiger partial charge in [0, 0.05) is 27.0 Å². The molecule has 0 aromatic heterocycles. The summed E-state index contributed by atoms with van der Waals surface area (Å²) >= 11 is 8.94. The Bertz CT molecular complexity index is 275. The van der Waals surface area contributed by atoms with Gasteiger partial charge < -0.3 is 11.1 Å². The predicted octanol–water partition coefficient (Wildman–Crippen LogP) is 2.68. The maximum Gasteiger partial charge on any atom is 0.0438 e. The zero-order valence-electron chi connectivity index (χ0n) is 5.57. The molecule has 4 heteroatoms. The highest BCUT2D eigenvalue weighted by Crippen LogP contribution is 2.25. The van der Waals surface area contributed by atoms with E-state index < -0.39 is 0 Å². The van der Waals surface area contributed by atoms with Crippen molar-refractivity contribution < 1.29 is 0 Å². The number of nitrogens with one attached hydrogen (secondary N) is 1. The van der Waals surface area contributed by atoms with E-state index in [2.05, 4.69) is 15.9 Å². The summed E-state index contributed by atoms with van der Waals surface area (Å²) in [5, 5.41) is 7.59. The van der Waals surface area contributed by atoms with Crippen molar-refractivity contribution in [1.29, 1.82) is 5.41 Å². The van der Waals surface area contributed by atoms with Crippen LogP contribution in [0.1, 0.15) is 5.56 Å². The fourth-order valence-corrected chi connectivity index (χ4v) is 1.71. The summed E-state index contributed by atoms with van der Waals surface area (Å²) in [5.41, 5.74) is 6.74. The monoisotopic (exact) mass is 232 g/mol. The van der Waals surface area contributed by atoms with E-state index in [-0.39, 0.29) is 0 Å². The maximum absolute atomic E-state index is 7.02. The fraction of sp³-hybridized carbons (Fsp3) is 0. The Hall–Kier alpha value is -0.540. The SMILES string of the molecule is N=Cc1c(N)cc(Cl)cc1Br. The van der Waals surface area contributed by atoms with Crippen LogP contribution in [0, 0.1) is 5.41 Å². The minimum atomic E-state index is 0.513. The molecule has 0 spiro atoms. The summed E-state index contributed by atoms with van der Waals surface area (Å²) in [6.07, 6.45) is 1.19. The van der Waals surface area contributed by atoms with Gasteiger partial charge in [-0.25, -0.2) is 0 Å². The maximum atomic E-state index is 7.02. The molecule has 1 aromatic rings. The van der Waals surface area contributed by atoms with Crippen LogP contribution in [-0.4, -0.2) is 6.21 Å². The second kappa shape index (κ2) is 3.24. The van der Waals surface area contributed by atoms with Gasteiger partial charge in [-0.3, -0.25) is 0 Å². The number of nitrogen functional groups attached to an aromatic ring is 1. The van der Waals surface area contributed by atoms with Crippen molar-refractivity contribution in [3.63, 3.8) is 0 Å². The number of benzene rings is 1. The zero-order chi connectivity index (χ0) is 8.43. The Labute approximate surface area is 78.0 Å². The minimum absolute atomic E-state index is 0.513. The molecule has 0 atom stereocenters. The third kappa shape index (κ3) is 1.73. The summed E-state index contributed by atoms with van der Waals surface area (Å²) in [4.78, 5) is 0. The van der Waals surface area contributed by atoms with Gasteiger partial charge in [0.15, 0.2) is 0 Å². The second-order valence-corrected chi connectivity index (χ2v) is 3.33. The van der Waals surface area contributed by atoms with Crippen LogP contribution in [0.25, 0.3) is 0 Å². The molecule has 0 aliphatic rings. The summed E-state index contributed by atoms with van der Waals surface area (Å²) in [5.74, 6) is 0. The highest BCUT2D eigenvalue weighted by atomic mass is 79.9. The van der Waals surface area contributed by atoms with Crippen molar-refractivity contribution in [2.45, 2.75) is 0 Å². The lowest BCUT2D eigenvalue weighted by Gasteiger charge is -2.02. The molecule has 0 fully saturated rings. The molecule has 0 saturated heterocycles. The van der Waals surface area contributed by atoms with Gasteiger partial charge in [0.25, 0.3) is 0 Å². The van der Waals surface area contributed by atoms with Gasteiger partial charge >= 0.3 is 0 Å². The van der Waals surface area contributed by atoms with Gasteiger partial charge in [-0.2, -0.15) is 0 Å². The molecular formula is C7H6BrClN2. The smallest absolute Gasteiger partial charge is 0.0438 e. The van der Waals surface area contributed by atoms with Crippen molar-refractivity contribution >= 4 is 39.4 Å². The van der Waals surface area contributed by atoms with Crippen molar-refractivity contribution in [1.82, 2.24) is 0 Å². The van der Waals surface area contributed by atoms with Gasteiger partial charge in [0.05, 0.1) is 0 Å². The number of anilines is 1. The molecule has 1 rings (SSSR count). The number of hydrogen-bond donors (Lipinski definition) is 2. The summed E-state index contributed by atoms with van der Waals surface area (Å²) in [7, 11) is 0. The minimum Gasteiger partial charge on any atom is -0.398 e. The van der Waals surface area contributed by atoms with E-state index in [9.17, 15) is 0 Å². The van der Waals surface area contributed by atoms with Crippen LogP contribution in [0.3, 0.4) is 0 Å². The number of nitrogens with two attached hydrogens (primary N) is 1. The van der Waals surface area contributed by atoms with Crippen LogP contribution < -0.4 is 5.73 Å². The third-order valence-corrected chi connectivity index (χ3v) is 2.14. The molecule has 0 aliphatic heterocycles. The van der Waals surface area contributed by atoms with E-state index in [1.165, 1.54) is 6.21 Å². The van der Waals surface area contributed by atoms with E-state index in [0.717, 1.165) is 4.47 Å². The Morgan fingerprint density at radius 3 is 2.64 bits per heavy atom.